The number of nitro groups is 1. The summed E-state index contributed by atoms with van der Waals surface area (Å²) in [5.41, 5.74) is 1.11. The van der Waals surface area contributed by atoms with Crippen molar-refractivity contribution in [2.75, 3.05) is 12.0 Å². The molecule has 80 valence electrons. The molecule has 5 heteroatoms. The number of hydrogen-bond donors (Lipinski definition) is 0. The van der Waals surface area contributed by atoms with Crippen LogP contribution in [0.3, 0.4) is 0 Å². The fourth-order valence-corrected chi connectivity index (χ4v) is 1.68. The van der Waals surface area contributed by atoms with Crippen molar-refractivity contribution in [2.45, 2.75) is 6.92 Å². The Labute approximate surface area is 91.8 Å². The van der Waals surface area contributed by atoms with E-state index in [9.17, 15) is 14.9 Å². The Morgan fingerprint density at radius 3 is 2.67 bits per heavy atom. The van der Waals surface area contributed by atoms with Crippen molar-refractivity contribution in [1.82, 2.24) is 0 Å². The van der Waals surface area contributed by atoms with Crippen molar-refractivity contribution in [3.63, 3.8) is 0 Å². The zero-order valence-electron chi connectivity index (χ0n) is 8.52. The first-order valence-electron chi connectivity index (χ1n) is 4.33. The monoisotopic (exact) mass is 225 g/mol. The third kappa shape index (κ3) is 2.79. The zero-order valence-corrected chi connectivity index (χ0v) is 9.34. The summed E-state index contributed by atoms with van der Waals surface area (Å²) in [5.74, 6) is 0.401. The van der Waals surface area contributed by atoms with Crippen LogP contribution in [0.4, 0.5) is 5.69 Å². The summed E-state index contributed by atoms with van der Waals surface area (Å²) < 4.78 is 0. The van der Waals surface area contributed by atoms with Crippen molar-refractivity contribution in [2.24, 2.45) is 0 Å². The van der Waals surface area contributed by atoms with E-state index in [0.717, 1.165) is 0 Å². The van der Waals surface area contributed by atoms with Gasteiger partial charge >= 0.3 is 0 Å². The molecule has 1 aromatic carbocycles. The van der Waals surface area contributed by atoms with Gasteiger partial charge in [0.25, 0.3) is 5.69 Å². The Morgan fingerprint density at radius 1 is 1.53 bits per heavy atom. The Hall–Kier alpha value is -1.36. The van der Waals surface area contributed by atoms with Crippen molar-refractivity contribution in [3.8, 4) is 0 Å². The molecule has 0 atom stereocenters. The molecule has 0 unspecified atom stereocenters. The summed E-state index contributed by atoms with van der Waals surface area (Å²) in [6.45, 7) is 1.63. The van der Waals surface area contributed by atoms with E-state index < -0.39 is 4.92 Å². The SMILES string of the molecule is CSCC(=O)c1ccc([N+](=O)[O-])c(C)c1. The molecule has 0 saturated heterocycles. The highest BCUT2D eigenvalue weighted by Crippen LogP contribution is 2.19. The fraction of sp³-hybridized carbons (Fsp3) is 0.300. The van der Waals surface area contributed by atoms with Crippen LogP contribution in [0.2, 0.25) is 0 Å². The van der Waals surface area contributed by atoms with E-state index in [1.165, 1.54) is 23.9 Å². The summed E-state index contributed by atoms with van der Waals surface area (Å²) in [4.78, 5) is 21.6. The molecule has 1 aromatic rings. The number of carbonyl (C=O) groups excluding carboxylic acids is 1. The van der Waals surface area contributed by atoms with Crippen molar-refractivity contribution in [3.05, 3.63) is 39.4 Å². The van der Waals surface area contributed by atoms with Crippen LogP contribution in [0.5, 0.6) is 0 Å². The number of hydrogen-bond acceptors (Lipinski definition) is 4. The lowest BCUT2D eigenvalue weighted by Gasteiger charge is -2.01. The molecule has 0 aliphatic heterocycles. The summed E-state index contributed by atoms with van der Waals surface area (Å²) >= 11 is 1.44. The number of ketones is 1. The van der Waals surface area contributed by atoms with Crippen molar-refractivity contribution >= 4 is 23.2 Å². The minimum Gasteiger partial charge on any atom is -0.293 e. The molecule has 0 aromatic heterocycles. The van der Waals surface area contributed by atoms with E-state index in [1.54, 1.807) is 13.0 Å². The van der Waals surface area contributed by atoms with Gasteiger partial charge in [-0.2, -0.15) is 11.8 Å². The van der Waals surface area contributed by atoms with Gasteiger partial charge in [-0.15, -0.1) is 0 Å². The van der Waals surface area contributed by atoms with Gasteiger partial charge in [0.1, 0.15) is 0 Å². The molecule has 0 saturated carbocycles. The van der Waals surface area contributed by atoms with Gasteiger partial charge in [-0.05, 0) is 25.3 Å². The normalized spacial score (nSPS) is 10.0. The second-order valence-electron chi connectivity index (χ2n) is 3.11. The van der Waals surface area contributed by atoms with Gasteiger partial charge in [-0.3, -0.25) is 14.9 Å². The first-order chi connectivity index (χ1) is 7.06. The van der Waals surface area contributed by atoms with Gasteiger partial charge in [0, 0.05) is 17.2 Å². The van der Waals surface area contributed by atoms with E-state index in [1.807, 2.05) is 6.26 Å². The van der Waals surface area contributed by atoms with Crippen molar-refractivity contribution in [1.29, 1.82) is 0 Å². The average Bonchev–Trinajstić information content (AvgIpc) is 2.17. The van der Waals surface area contributed by atoms with E-state index in [2.05, 4.69) is 0 Å². The van der Waals surface area contributed by atoms with Gasteiger partial charge < -0.3 is 0 Å². The molecule has 0 heterocycles. The maximum absolute atomic E-state index is 11.5. The van der Waals surface area contributed by atoms with Crippen molar-refractivity contribution < 1.29 is 9.72 Å². The highest BCUT2D eigenvalue weighted by Gasteiger charge is 2.13. The van der Waals surface area contributed by atoms with Crippen LogP contribution in [0.15, 0.2) is 18.2 Å². The molecule has 15 heavy (non-hydrogen) atoms. The minimum absolute atomic E-state index is 0.000461. The molecule has 4 nitrogen and oxygen atoms in total. The van der Waals surface area contributed by atoms with Gasteiger partial charge in [0.2, 0.25) is 0 Å². The molecule has 0 N–H and O–H groups in total. The highest BCUT2D eigenvalue weighted by molar-refractivity contribution is 7.99. The number of nitrogens with zero attached hydrogens (tertiary/aromatic N) is 1. The lowest BCUT2D eigenvalue weighted by Crippen LogP contribution is -2.03. The van der Waals surface area contributed by atoms with Crippen LogP contribution in [-0.2, 0) is 0 Å². The highest BCUT2D eigenvalue weighted by atomic mass is 32.2. The fourth-order valence-electron chi connectivity index (χ4n) is 1.25. The molecule has 0 amide bonds. The molecule has 0 aliphatic rings. The van der Waals surface area contributed by atoms with Gasteiger partial charge in [-0.1, -0.05) is 0 Å². The van der Waals surface area contributed by atoms with Crippen LogP contribution < -0.4 is 0 Å². The number of benzene rings is 1. The lowest BCUT2D eigenvalue weighted by molar-refractivity contribution is -0.385. The number of Topliss-reactive ketones (excluding diaryl/α,β-unsaturated/α-hetero) is 1. The summed E-state index contributed by atoms with van der Waals surface area (Å²) in [6.07, 6.45) is 1.84. The topological polar surface area (TPSA) is 60.2 Å². The number of carbonyl (C=O) groups is 1. The van der Waals surface area contributed by atoms with E-state index in [4.69, 9.17) is 0 Å². The Kier molecular flexibility index (Phi) is 3.85. The largest absolute Gasteiger partial charge is 0.293 e. The zero-order chi connectivity index (χ0) is 11.4. The Balaban J connectivity index is 3.01. The minimum atomic E-state index is -0.446. The van der Waals surface area contributed by atoms with Crippen LogP contribution >= 0.6 is 11.8 Å². The predicted molar refractivity (Wildman–Crippen MR) is 60.5 cm³/mol. The number of thioether (sulfide) groups is 1. The molecule has 1 rings (SSSR count). The van der Waals surface area contributed by atoms with Gasteiger partial charge in [-0.25, -0.2) is 0 Å². The van der Waals surface area contributed by atoms with Crippen LogP contribution in [0, 0.1) is 17.0 Å². The Bertz CT molecular complexity index is 404. The Morgan fingerprint density at radius 2 is 2.20 bits per heavy atom. The maximum atomic E-state index is 11.5. The molecular weight excluding hydrogens is 214 g/mol. The van der Waals surface area contributed by atoms with E-state index >= 15 is 0 Å². The van der Waals surface area contributed by atoms with Gasteiger partial charge in [0.05, 0.1) is 10.7 Å². The molecule has 0 radical (unpaired) electrons. The lowest BCUT2D eigenvalue weighted by atomic mass is 10.1. The van der Waals surface area contributed by atoms with E-state index in [-0.39, 0.29) is 11.5 Å². The third-order valence-corrected chi connectivity index (χ3v) is 2.54. The first kappa shape index (κ1) is 11.7. The number of rotatable bonds is 4. The number of aryl methyl sites for hydroxylation is 1. The summed E-state index contributed by atoms with van der Waals surface area (Å²) in [7, 11) is 0. The second-order valence-corrected chi connectivity index (χ2v) is 3.98. The molecule has 0 bridgehead atoms. The second kappa shape index (κ2) is 4.93. The summed E-state index contributed by atoms with van der Waals surface area (Å²) in [5, 5.41) is 10.5. The van der Waals surface area contributed by atoms with Crippen LogP contribution in [0.1, 0.15) is 15.9 Å². The molecule has 0 fully saturated rings. The molecule has 0 aliphatic carbocycles. The molecule has 0 spiro atoms. The first-order valence-corrected chi connectivity index (χ1v) is 5.73. The van der Waals surface area contributed by atoms with Crippen LogP contribution in [0.25, 0.3) is 0 Å². The predicted octanol–water partition coefficient (Wildman–Crippen LogP) is 2.45. The molecular formula is C10H11NO3S. The summed E-state index contributed by atoms with van der Waals surface area (Å²) in [6, 6.07) is 4.45. The number of nitro benzene ring substituents is 1. The standard InChI is InChI=1S/C10H11NO3S/c1-7-5-8(10(12)6-15-2)3-4-9(7)11(13)14/h3-5H,6H2,1-2H3. The van der Waals surface area contributed by atoms with Gasteiger partial charge in [0.15, 0.2) is 5.78 Å². The van der Waals surface area contributed by atoms with E-state index in [0.29, 0.717) is 16.9 Å². The van der Waals surface area contributed by atoms with Crippen LogP contribution in [-0.4, -0.2) is 22.7 Å². The smallest absolute Gasteiger partial charge is 0.272 e. The third-order valence-electron chi connectivity index (χ3n) is 1.99. The quantitative estimate of drug-likeness (QED) is 0.448. The average molecular weight is 225 g/mol. The maximum Gasteiger partial charge on any atom is 0.272 e.